The molecule has 0 nitrogen and oxygen atoms in total. The third-order valence-electron chi connectivity index (χ3n) is 3.53. The van der Waals surface area contributed by atoms with Gasteiger partial charge in [0.25, 0.3) is 0 Å². The molecule has 0 aliphatic heterocycles. The summed E-state index contributed by atoms with van der Waals surface area (Å²) in [4.78, 5) is 0. The van der Waals surface area contributed by atoms with Gasteiger partial charge in [-0.2, -0.15) is 0 Å². The van der Waals surface area contributed by atoms with E-state index in [2.05, 4.69) is 28.9 Å². The van der Waals surface area contributed by atoms with Crippen LogP contribution < -0.4 is 0 Å². The molecule has 1 rings (SSSR count). The van der Waals surface area contributed by atoms with E-state index in [1.54, 1.807) is 11.3 Å². The van der Waals surface area contributed by atoms with Gasteiger partial charge in [0.05, 0.1) is 8.12 Å². The van der Waals surface area contributed by atoms with Crippen molar-refractivity contribution in [1.29, 1.82) is 0 Å². The number of thiophene rings is 1. The Bertz CT molecular complexity index is 341. The lowest BCUT2D eigenvalue weighted by Crippen LogP contribution is -1.85. The smallest absolute Gasteiger partial charge is 0.116 e. The molecule has 0 bridgehead atoms. The summed E-state index contributed by atoms with van der Waals surface area (Å²) in [5.41, 5.74) is 1.38. The molecule has 0 saturated carbocycles. The first-order valence-electron chi connectivity index (χ1n) is 7.67. The summed E-state index contributed by atoms with van der Waals surface area (Å²) in [6.07, 6.45) is 15.1. The lowest BCUT2D eigenvalue weighted by molar-refractivity contribution is 0.556. The van der Waals surface area contributed by atoms with Gasteiger partial charge in [0, 0.05) is 0 Å². The Morgan fingerprint density at radius 2 is 1.45 bits per heavy atom. The van der Waals surface area contributed by atoms with Gasteiger partial charge in [-0.25, -0.2) is 0 Å². The standard InChI is InChI=1S/C16H26BrClS.Mg.2H/c1-2-3-4-5-6-7-8-9-10-11-12-14-13-15(18)19-16(14)17;;;/h13H,2-12H2,1H3;;;. The fraction of sp³-hybridized carbons (Fsp3) is 0.750. The molecule has 114 valence electrons. The van der Waals surface area contributed by atoms with Crippen LogP contribution in [-0.2, 0) is 6.42 Å². The molecule has 0 aliphatic rings. The first-order chi connectivity index (χ1) is 9.24. The zero-order valence-corrected chi connectivity index (χ0v) is 15.2. The second-order valence-electron chi connectivity index (χ2n) is 5.28. The summed E-state index contributed by atoms with van der Waals surface area (Å²) < 4.78 is 2.11. The second-order valence-corrected chi connectivity index (χ2v) is 8.28. The molecule has 0 N–H and O–H groups in total. The number of hydrogen-bond donors (Lipinski definition) is 0. The lowest BCUT2D eigenvalue weighted by Gasteiger charge is -2.02. The molecule has 0 aliphatic carbocycles. The Morgan fingerprint density at radius 1 is 0.950 bits per heavy atom. The summed E-state index contributed by atoms with van der Waals surface area (Å²) in [6, 6.07) is 2.10. The summed E-state index contributed by atoms with van der Waals surface area (Å²) in [7, 11) is 0. The number of aryl methyl sites for hydroxylation is 1. The van der Waals surface area contributed by atoms with Gasteiger partial charge in [0.15, 0.2) is 0 Å². The minimum Gasteiger partial charge on any atom is -0.116 e. The van der Waals surface area contributed by atoms with Gasteiger partial charge in [0.2, 0.25) is 0 Å². The van der Waals surface area contributed by atoms with E-state index in [1.807, 2.05) is 0 Å². The number of halogens is 2. The van der Waals surface area contributed by atoms with Gasteiger partial charge in [-0.05, 0) is 40.4 Å². The number of unbranched alkanes of at least 4 members (excludes halogenated alkanes) is 9. The van der Waals surface area contributed by atoms with Gasteiger partial charge in [-0.1, -0.05) is 76.3 Å². The summed E-state index contributed by atoms with van der Waals surface area (Å²) in [5, 5.41) is 0. The molecule has 0 spiro atoms. The summed E-state index contributed by atoms with van der Waals surface area (Å²) in [5.74, 6) is 0. The SMILES string of the molecule is CCCCCCCCCCCCc1cc(Cl)sc1Br.[MgH2]. The van der Waals surface area contributed by atoms with Crippen molar-refractivity contribution in [2.75, 3.05) is 0 Å². The highest BCUT2D eigenvalue weighted by atomic mass is 79.9. The van der Waals surface area contributed by atoms with Crippen LogP contribution in [0.15, 0.2) is 9.85 Å². The highest BCUT2D eigenvalue weighted by Gasteiger charge is 2.04. The zero-order chi connectivity index (χ0) is 13.9. The minimum atomic E-state index is 0. The van der Waals surface area contributed by atoms with Gasteiger partial charge < -0.3 is 0 Å². The molecule has 0 amide bonds. The van der Waals surface area contributed by atoms with Gasteiger partial charge in [-0.3, -0.25) is 0 Å². The Balaban J connectivity index is 0.00000361. The van der Waals surface area contributed by atoms with E-state index in [4.69, 9.17) is 11.6 Å². The molecular weight excluding hydrogens is 364 g/mol. The quantitative estimate of drug-likeness (QED) is 0.290. The Labute approximate surface area is 158 Å². The average Bonchev–Trinajstić information content (AvgIpc) is 2.70. The van der Waals surface area contributed by atoms with Crippen molar-refractivity contribution in [2.24, 2.45) is 0 Å². The van der Waals surface area contributed by atoms with Crippen LogP contribution in [-0.4, -0.2) is 23.1 Å². The topological polar surface area (TPSA) is 0 Å². The molecule has 20 heavy (non-hydrogen) atoms. The van der Waals surface area contributed by atoms with Crippen LogP contribution in [0.5, 0.6) is 0 Å². The first kappa shape index (κ1) is 21.2. The van der Waals surface area contributed by atoms with Gasteiger partial charge in [-0.15, -0.1) is 11.3 Å². The van der Waals surface area contributed by atoms with Crippen LogP contribution in [0.2, 0.25) is 4.34 Å². The summed E-state index contributed by atoms with van der Waals surface area (Å²) in [6.45, 7) is 2.28. The molecule has 0 atom stereocenters. The van der Waals surface area contributed by atoms with Crippen molar-refractivity contribution >= 4 is 61.9 Å². The highest BCUT2D eigenvalue weighted by molar-refractivity contribution is 9.11. The molecule has 1 aromatic heterocycles. The first-order valence-corrected chi connectivity index (χ1v) is 9.66. The molecule has 0 saturated heterocycles. The van der Waals surface area contributed by atoms with Crippen LogP contribution in [0.3, 0.4) is 0 Å². The molecular formula is C16H28BrClMgS. The lowest BCUT2D eigenvalue weighted by atomic mass is 10.0. The Morgan fingerprint density at radius 3 is 1.90 bits per heavy atom. The molecule has 0 fully saturated rings. The van der Waals surface area contributed by atoms with Crippen molar-refractivity contribution in [3.05, 3.63) is 19.8 Å². The molecule has 1 heterocycles. The molecule has 0 unspecified atom stereocenters. The van der Waals surface area contributed by atoms with Crippen molar-refractivity contribution in [2.45, 2.75) is 77.6 Å². The van der Waals surface area contributed by atoms with E-state index in [-0.39, 0.29) is 23.1 Å². The van der Waals surface area contributed by atoms with E-state index >= 15 is 0 Å². The van der Waals surface area contributed by atoms with Gasteiger partial charge in [0.1, 0.15) is 0 Å². The number of hydrogen-bond acceptors (Lipinski definition) is 1. The fourth-order valence-electron chi connectivity index (χ4n) is 2.35. The van der Waals surface area contributed by atoms with Crippen LogP contribution in [0.4, 0.5) is 0 Å². The zero-order valence-electron chi connectivity index (χ0n) is 12.0. The van der Waals surface area contributed by atoms with Crippen molar-refractivity contribution < 1.29 is 0 Å². The number of rotatable bonds is 11. The van der Waals surface area contributed by atoms with E-state index < -0.39 is 0 Å². The van der Waals surface area contributed by atoms with E-state index in [9.17, 15) is 0 Å². The van der Waals surface area contributed by atoms with Crippen LogP contribution in [0, 0.1) is 0 Å². The largest absolute Gasteiger partial charge is 0.316 e. The van der Waals surface area contributed by atoms with Crippen LogP contribution in [0.25, 0.3) is 0 Å². The minimum absolute atomic E-state index is 0. The monoisotopic (exact) mass is 390 g/mol. The average molecular weight is 392 g/mol. The van der Waals surface area contributed by atoms with Crippen molar-refractivity contribution in [3.63, 3.8) is 0 Å². The predicted octanol–water partition coefficient (Wildman–Crippen LogP) is 6.71. The maximum Gasteiger partial charge on any atom is 0.316 e. The third-order valence-corrected chi connectivity index (χ3v) is 5.62. The maximum atomic E-state index is 5.99. The third kappa shape index (κ3) is 10.0. The fourth-order valence-corrected chi connectivity index (χ4v) is 4.49. The van der Waals surface area contributed by atoms with E-state index in [0.29, 0.717) is 0 Å². The predicted molar refractivity (Wildman–Crippen MR) is 101 cm³/mol. The van der Waals surface area contributed by atoms with E-state index in [0.717, 1.165) is 4.34 Å². The van der Waals surface area contributed by atoms with Crippen molar-refractivity contribution in [3.8, 4) is 0 Å². The molecule has 4 heteroatoms. The van der Waals surface area contributed by atoms with Gasteiger partial charge >= 0.3 is 23.1 Å². The Hall–Kier alpha value is 1.24. The van der Waals surface area contributed by atoms with Crippen molar-refractivity contribution in [1.82, 2.24) is 0 Å². The molecule has 0 radical (unpaired) electrons. The Kier molecular flexibility index (Phi) is 14.7. The van der Waals surface area contributed by atoms with Crippen LogP contribution >= 0.6 is 38.9 Å². The molecule has 0 aromatic carbocycles. The molecule has 1 aromatic rings. The van der Waals surface area contributed by atoms with Crippen LogP contribution in [0.1, 0.15) is 76.7 Å². The second kappa shape index (κ2) is 13.9. The highest BCUT2D eigenvalue weighted by Crippen LogP contribution is 2.32. The van der Waals surface area contributed by atoms with E-state index in [1.165, 1.54) is 80.0 Å². The maximum absolute atomic E-state index is 5.99. The summed E-state index contributed by atoms with van der Waals surface area (Å²) >= 11 is 11.2. The normalized spacial score (nSPS) is 10.6.